The number of unbranched alkanes of at least 4 members (excludes halogenated alkanes) is 2. The molecule has 0 atom stereocenters. The Morgan fingerprint density at radius 2 is 2.13 bits per heavy atom. The molecule has 0 aromatic heterocycles. The highest BCUT2D eigenvalue weighted by molar-refractivity contribution is 5.27. The first-order valence-corrected chi connectivity index (χ1v) is 5.42. The highest BCUT2D eigenvalue weighted by atomic mass is 19.1. The quantitative estimate of drug-likeness (QED) is 0.709. The van der Waals surface area contributed by atoms with Crippen LogP contribution in [0.25, 0.3) is 0 Å². The van der Waals surface area contributed by atoms with Crippen LogP contribution in [0.5, 0.6) is 5.75 Å². The van der Waals surface area contributed by atoms with Gasteiger partial charge in [0.1, 0.15) is 0 Å². The third-order valence-corrected chi connectivity index (χ3v) is 2.30. The van der Waals surface area contributed by atoms with E-state index < -0.39 is 5.82 Å². The number of phenols is 1. The number of phenolic OH excluding ortho intramolecular Hbond substituents is 1. The van der Waals surface area contributed by atoms with Gasteiger partial charge in [-0.3, -0.25) is 0 Å². The first kappa shape index (κ1) is 12.0. The molecule has 0 bridgehead atoms. The lowest BCUT2D eigenvalue weighted by Crippen LogP contribution is -2.14. The molecule has 1 aromatic carbocycles. The molecule has 0 heterocycles. The third kappa shape index (κ3) is 4.30. The van der Waals surface area contributed by atoms with Crippen LogP contribution >= 0.6 is 0 Å². The summed E-state index contributed by atoms with van der Waals surface area (Å²) in [6.07, 6.45) is 3.57. The van der Waals surface area contributed by atoms with E-state index in [0.29, 0.717) is 6.54 Å². The summed E-state index contributed by atoms with van der Waals surface area (Å²) >= 11 is 0. The molecule has 0 spiro atoms. The number of hydrogen-bond acceptors (Lipinski definition) is 2. The number of rotatable bonds is 6. The molecular weight excluding hydrogens is 193 g/mol. The van der Waals surface area contributed by atoms with Gasteiger partial charge in [0.15, 0.2) is 11.6 Å². The average molecular weight is 211 g/mol. The van der Waals surface area contributed by atoms with Crippen molar-refractivity contribution in [2.75, 3.05) is 6.54 Å². The summed E-state index contributed by atoms with van der Waals surface area (Å²) in [4.78, 5) is 0. The molecule has 0 unspecified atom stereocenters. The lowest BCUT2D eigenvalue weighted by atomic mass is 10.2. The van der Waals surface area contributed by atoms with Crippen molar-refractivity contribution in [2.24, 2.45) is 0 Å². The molecule has 0 aliphatic carbocycles. The highest BCUT2D eigenvalue weighted by Gasteiger charge is 2.00. The van der Waals surface area contributed by atoms with Gasteiger partial charge in [0.05, 0.1) is 0 Å². The Balaban J connectivity index is 2.28. The minimum absolute atomic E-state index is 0.287. The maximum atomic E-state index is 12.9. The molecule has 0 radical (unpaired) electrons. The Labute approximate surface area is 90.1 Å². The zero-order valence-corrected chi connectivity index (χ0v) is 9.09. The third-order valence-electron chi connectivity index (χ3n) is 2.30. The molecule has 0 aliphatic rings. The van der Waals surface area contributed by atoms with Crippen LogP contribution in [0.4, 0.5) is 4.39 Å². The summed E-state index contributed by atoms with van der Waals surface area (Å²) in [5.41, 5.74) is 0.863. The van der Waals surface area contributed by atoms with Crippen LogP contribution in [-0.2, 0) is 6.54 Å². The fraction of sp³-hybridized carbons (Fsp3) is 0.500. The van der Waals surface area contributed by atoms with E-state index in [9.17, 15) is 4.39 Å². The van der Waals surface area contributed by atoms with E-state index in [1.807, 2.05) is 0 Å². The Kier molecular flexibility index (Phi) is 5.12. The molecule has 0 saturated carbocycles. The number of nitrogens with one attached hydrogen (secondary N) is 1. The molecular formula is C12H18FNO. The second-order valence-corrected chi connectivity index (χ2v) is 3.67. The lowest BCUT2D eigenvalue weighted by Gasteiger charge is -2.05. The van der Waals surface area contributed by atoms with Gasteiger partial charge in [-0.15, -0.1) is 0 Å². The second kappa shape index (κ2) is 6.40. The van der Waals surface area contributed by atoms with Gasteiger partial charge in [0, 0.05) is 6.54 Å². The first-order chi connectivity index (χ1) is 7.24. The number of benzene rings is 1. The predicted molar refractivity (Wildman–Crippen MR) is 59.3 cm³/mol. The minimum Gasteiger partial charge on any atom is -0.505 e. The SMILES string of the molecule is CCCCCNCc1ccc(O)c(F)c1. The molecule has 2 N–H and O–H groups in total. The van der Waals surface area contributed by atoms with E-state index in [1.54, 1.807) is 6.07 Å². The number of halogens is 1. The highest BCUT2D eigenvalue weighted by Crippen LogP contribution is 2.15. The van der Waals surface area contributed by atoms with E-state index in [2.05, 4.69) is 12.2 Å². The molecule has 2 nitrogen and oxygen atoms in total. The van der Waals surface area contributed by atoms with E-state index in [1.165, 1.54) is 25.0 Å². The van der Waals surface area contributed by atoms with Crippen molar-refractivity contribution in [2.45, 2.75) is 32.7 Å². The lowest BCUT2D eigenvalue weighted by molar-refractivity contribution is 0.431. The topological polar surface area (TPSA) is 32.3 Å². The van der Waals surface area contributed by atoms with Crippen molar-refractivity contribution >= 4 is 0 Å². The molecule has 0 fully saturated rings. The smallest absolute Gasteiger partial charge is 0.165 e. The fourth-order valence-corrected chi connectivity index (χ4v) is 1.39. The van der Waals surface area contributed by atoms with Crippen molar-refractivity contribution in [3.8, 4) is 5.75 Å². The van der Waals surface area contributed by atoms with Crippen LogP contribution in [0.3, 0.4) is 0 Å². The van der Waals surface area contributed by atoms with E-state index in [4.69, 9.17) is 5.11 Å². The molecule has 3 heteroatoms. The zero-order chi connectivity index (χ0) is 11.1. The molecule has 15 heavy (non-hydrogen) atoms. The summed E-state index contributed by atoms with van der Waals surface area (Å²) < 4.78 is 12.9. The van der Waals surface area contributed by atoms with Crippen LogP contribution in [0.1, 0.15) is 31.7 Å². The van der Waals surface area contributed by atoms with Gasteiger partial charge < -0.3 is 10.4 Å². The zero-order valence-electron chi connectivity index (χ0n) is 9.09. The van der Waals surface area contributed by atoms with Gasteiger partial charge in [-0.2, -0.15) is 0 Å². The summed E-state index contributed by atoms with van der Waals surface area (Å²) in [7, 11) is 0. The Morgan fingerprint density at radius 1 is 1.33 bits per heavy atom. The molecule has 84 valence electrons. The molecule has 0 saturated heterocycles. The standard InChI is InChI=1S/C12H18FNO/c1-2-3-4-7-14-9-10-5-6-12(15)11(13)8-10/h5-6,8,14-15H,2-4,7,9H2,1H3. The van der Waals surface area contributed by atoms with Gasteiger partial charge in [-0.05, 0) is 30.7 Å². The van der Waals surface area contributed by atoms with Gasteiger partial charge in [0.2, 0.25) is 0 Å². The molecule has 1 rings (SSSR count). The Bertz CT molecular complexity index is 302. The van der Waals surface area contributed by atoms with E-state index >= 15 is 0 Å². The van der Waals surface area contributed by atoms with Crippen molar-refractivity contribution < 1.29 is 9.50 Å². The van der Waals surface area contributed by atoms with Crippen LogP contribution in [-0.4, -0.2) is 11.7 Å². The summed E-state index contributed by atoms with van der Waals surface area (Å²) in [5.74, 6) is -0.840. The molecule has 1 aromatic rings. The second-order valence-electron chi connectivity index (χ2n) is 3.67. The van der Waals surface area contributed by atoms with E-state index in [-0.39, 0.29) is 5.75 Å². The van der Waals surface area contributed by atoms with Gasteiger partial charge >= 0.3 is 0 Å². The van der Waals surface area contributed by atoms with Crippen LogP contribution in [0.15, 0.2) is 18.2 Å². The summed E-state index contributed by atoms with van der Waals surface area (Å²) in [5, 5.41) is 12.2. The van der Waals surface area contributed by atoms with Crippen molar-refractivity contribution in [3.05, 3.63) is 29.6 Å². The van der Waals surface area contributed by atoms with Crippen LogP contribution in [0, 0.1) is 5.82 Å². The summed E-state index contributed by atoms with van der Waals surface area (Å²) in [6, 6.07) is 4.48. The predicted octanol–water partition coefficient (Wildman–Crippen LogP) is 2.81. The monoisotopic (exact) mass is 211 g/mol. The van der Waals surface area contributed by atoms with Crippen molar-refractivity contribution in [1.82, 2.24) is 5.32 Å². The number of hydrogen-bond donors (Lipinski definition) is 2. The Morgan fingerprint density at radius 3 is 2.80 bits per heavy atom. The average Bonchev–Trinajstić information content (AvgIpc) is 2.23. The van der Waals surface area contributed by atoms with Crippen LogP contribution in [0.2, 0.25) is 0 Å². The van der Waals surface area contributed by atoms with Crippen LogP contribution < -0.4 is 5.32 Å². The molecule has 0 aliphatic heterocycles. The molecule has 0 amide bonds. The maximum absolute atomic E-state index is 12.9. The van der Waals surface area contributed by atoms with E-state index in [0.717, 1.165) is 18.5 Å². The maximum Gasteiger partial charge on any atom is 0.165 e. The number of aromatic hydroxyl groups is 1. The van der Waals surface area contributed by atoms with Crippen molar-refractivity contribution in [3.63, 3.8) is 0 Å². The van der Waals surface area contributed by atoms with Gasteiger partial charge in [0.25, 0.3) is 0 Å². The minimum atomic E-state index is -0.553. The summed E-state index contributed by atoms with van der Waals surface area (Å²) in [6.45, 7) is 3.77. The first-order valence-electron chi connectivity index (χ1n) is 5.42. The largest absolute Gasteiger partial charge is 0.505 e. The normalized spacial score (nSPS) is 10.5. The fourth-order valence-electron chi connectivity index (χ4n) is 1.39. The van der Waals surface area contributed by atoms with Gasteiger partial charge in [-0.25, -0.2) is 4.39 Å². The Hall–Kier alpha value is -1.09. The van der Waals surface area contributed by atoms with Crippen molar-refractivity contribution in [1.29, 1.82) is 0 Å². The van der Waals surface area contributed by atoms with Gasteiger partial charge in [-0.1, -0.05) is 25.8 Å².